The second-order valence-corrected chi connectivity index (χ2v) is 3.14. The Kier molecular flexibility index (Phi) is 2.40. The monoisotopic (exact) mass is 224 g/mol. The van der Waals surface area contributed by atoms with Crippen LogP contribution >= 0.6 is 0 Å². The van der Waals surface area contributed by atoms with Crippen molar-refractivity contribution in [3.05, 3.63) is 56.9 Å². The molecule has 2 N–H and O–H groups in total. The van der Waals surface area contributed by atoms with E-state index in [9.17, 15) is 18.4 Å². The van der Waals surface area contributed by atoms with Gasteiger partial charge in [-0.1, -0.05) is 0 Å². The highest BCUT2D eigenvalue weighted by Crippen LogP contribution is 2.16. The molecule has 6 heteroatoms. The Morgan fingerprint density at radius 1 is 1.00 bits per heavy atom. The maximum absolute atomic E-state index is 12.9. The van der Waals surface area contributed by atoms with Gasteiger partial charge < -0.3 is 4.98 Å². The molecule has 1 aromatic heterocycles. The molecule has 0 bridgehead atoms. The van der Waals surface area contributed by atoms with Gasteiger partial charge >= 0.3 is 5.69 Å². The Morgan fingerprint density at radius 2 is 1.62 bits per heavy atom. The quantitative estimate of drug-likeness (QED) is 0.759. The van der Waals surface area contributed by atoms with Crippen molar-refractivity contribution in [3.63, 3.8) is 0 Å². The van der Waals surface area contributed by atoms with Crippen LogP contribution in [-0.4, -0.2) is 9.97 Å². The minimum absolute atomic E-state index is 0.00185. The van der Waals surface area contributed by atoms with Gasteiger partial charge in [0.2, 0.25) is 0 Å². The lowest BCUT2D eigenvalue weighted by Gasteiger charge is -2.00. The molecule has 82 valence electrons. The van der Waals surface area contributed by atoms with Gasteiger partial charge in [-0.25, -0.2) is 13.6 Å². The van der Waals surface area contributed by atoms with Crippen molar-refractivity contribution in [2.45, 2.75) is 0 Å². The minimum atomic E-state index is -0.791. The first-order valence-corrected chi connectivity index (χ1v) is 4.35. The van der Waals surface area contributed by atoms with Crippen LogP contribution in [0.5, 0.6) is 0 Å². The first kappa shape index (κ1) is 10.3. The maximum Gasteiger partial charge on any atom is 0.325 e. The van der Waals surface area contributed by atoms with Gasteiger partial charge in [-0.05, 0) is 17.7 Å². The summed E-state index contributed by atoms with van der Waals surface area (Å²) in [6.07, 6.45) is 1.11. The van der Waals surface area contributed by atoms with Gasteiger partial charge in [-0.2, -0.15) is 0 Å². The number of hydrogen-bond donors (Lipinski definition) is 2. The van der Waals surface area contributed by atoms with Crippen LogP contribution in [0.1, 0.15) is 0 Å². The van der Waals surface area contributed by atoms with Crippen molar-refractivity contribution in [1.29, 1.82) is 0 Å². The number of aromatic nitrogens is 2. The summed E-state index contributed by atoms with van der Waals surface area (Å²) in [4.78, 5) is 26.3. The molecule has 0 amide bonds. The minimum Gasteiger partial charge on any atom is -0.313 e. The second-order valence-electron chi connectivity index (χ2n) is 3.14. The molecule has 16 heavy (non-hydrogen) atoms. The first-order chi connectivity index (χ1) is 7.56. The van der Waals surface area contributed by atoms with Crippen LogP contribution in [0.25, 0.3) is 11.1 Å². The predicted octanol–water partition coefficient (Wildman–Crippen LogP) is 1.01. The summed E-state index contributed by atoms with van der Waals surface area (Å²) in [6.45, 7) is 0. The number of H-pyrrole nitrogens is 2. The zero-order chi connectivity index (χ0) is 11.7. The molecule has 0 fully saturated rings. The number of benzene rings is 1. The summed E-state index contributed by atoms with van der Waals surface area (Å²) in [7, 11) is 0. The largest absolute Gasteiger partial charge is 0.325 e. The summed E-state index contributed by atoms with van der Waals surface area (Å²) < 4.78 is 25.8. The third-order valence-electron chi connectivity index (χ3n) is 1.99. The van der Waals surface area contributed by atoms with E-state index in [1.165, 1.54) is 0 Å². The van der Waals surface area contributed by atoms with Crippen molar-refractivity contribution in [1.82, 2.24) is 9.97 Å². The van der Waals surface area contributed by atoms with Crippen molar-refractivity contribution in [2.75, 3.05) is 0 Å². The average Bonchev–Trinajstić information content (AvgIpc) is 2.15. The van der Waals surface area contributed by atoms with E-state index in [0.29, 0.717) is 6.07 Å². The third kappa shape index (κ3) is 1.90. The molecule has 0 aliphatic carbocycles. The number of nitrogens with one attached hydrogen (secondary N) is 2. The summed E-state index contributed by atoms with van der Waals surface area (Å²) in [5, 5.41) is 0. The average molecular weight is 224 g/mol. The number of rotatable bonds is 1. The highest BCUT2D eigenvalue weighted by Gasteiger charge is 2.07. The molecular weight excluding hydrogens is 218 g/mol. The van der Waals surface area contributed by atoms with Crippen molar-refractivity contribution >= 4 is 0 Å². The van der Waals surface area contributed by atoms with Gasteiger partial charge in [-0.15, -0.1) is 0 Å². The second kappa shape index (κ2) is 3.73. The molecule has 0 atom stereocenters. The molecule has 0 saturated carbocycles. The summed E-state index contributed by atoms with van der Waals surface area (Å²) >= 11 is 0. The lowest BCUT2D eigenvalue weighted by atomic mass is 10.1. The highest BCUT2D eigenvalue weighted by molar-refractivity contribution is 5.61. The smallest absolute Gasteiger partial charge is 0.313 e. The van der Waals surface area contributed by atoms with E-state index >= 15 is 0 Å². The fourth-order valence-corrected chi connectivity index (χ4v) is 1.33. The van der Waals surface area contributed by atoms with Crippen LogP contribution in [0, 0.1) is 11.6 Å². The van der Waals surface area contributed by atoms with Crippen LogP contribution in [0.15, 0.2) is 34.0 Å². The van der Waals surface area contributed by atoms with E-state index in [4.69, 9.17) is 0 Å². The van der Waals surface area contributed by atoms with Crippen LogP contribution in [0.4, 0.5) is 8.78 Å². The normalized spacial score (nSPS) is 10.4. The molecule has 0 aliphatic heterocycles. The molecule has 1 heterocycles. The van der Waals surface area contributed by atoms with Gasteiger partial charge in [0.25, 0.3) is 5.56 Å². The van der Waals surface area contributed by atoms with E-state index in [2.05, 4.69) is 4.98 Å². The Labute approximate surface area is 87.6 Å². The Morgan fingerprint density at radius 3 is 2.19 bits per heavy atom. The number of hydrogen-bond acceptors (Lipinski definition) is 2. The van der Waals surface area contributed by atoms with Gasteiger partial charge in [0.15, 0.2) is 0 Å². The number of aromatic amines is 2. The predicted molar refractivity (Wildman–Crippen MR) is 53.0 cm³/mol. The Hall–Kier alpha value is -2.24. The molecule has 0 saturated heterocycles. The van der Waals surface area contributed by atoms with Crippen LogP contribution < -0.4 is 11.2 Å². The third-order valence-corrected chi connectivity index (χ3v) is 1.99. The summed E-state index contributed by atoms with van der Waals surface area (Å²) in [5.74, 6) is -1.58. The molecular formula is C10H6F2N2O2. The molecule has 2 rings (SSSR count). The SMILES string of the molecule is O=c1[nH]cc(-c2cc(F)cc(F)c2)c(=O)[nH]1. The van der Waals surface area contributed by atoms with Gasteiger partial charge in [0.05, 0.1) is 5.56 Å². The molecule has 1 aromatic carbocycles. The molecule has 0 spiro atoms. The Balaban J connectivity index is 2.67. The maximum atomic E-state index is 12.9. The van der Waals surface area contributed by atoms with E-state index in [0.717, 1.165) is 18.3 Å². The fourth-order valence-electron chi connectivity index (χ4n) is 1.33. The zero-order valence-corrected chi connectivity index (χ0v) is 7.88. The molecule has 0 radical (unpaired) electrons. The molecule has 0 aliphatic rings. The van der Waals surface area contributed by atoms with Crippen molar-refractivity contribution in [2.24, 2.45) is 0 Å². The standard InChI is InChI=1S/C10H6F2N2O2/c11-6-1-5(2-7(12)3-6)8-4-13-10(16)14-9(8)15/h1-4H,(H2,13,14,15,16). The topological polar surface area (TPSA) is 65.7 Å². The van der Waals surface area contributed by atoms with Crippen LogP contribution in [-0.2, 0) is 0 Å². The van der Waals surface area contributed by atoms with E-state index < -0.39 is 22.9 Å². The van der Waals surface area contributed by atoms with E-state index in [-0.39, 0.29) is 11.1 Å². The Bertz CT molecular complexity index is 626. The van der Waals surface area contributed by atoms with Crippen LogP contribution in [0.2, 0.25) is 0 Å². The zero-order valence-electron chi connectivity index (χ0n) is 7.88. The highest BCUT2D eigenvalue weighted by atomic mass is 19.1. The first-order valence-electron chi connectivity index (χ1n) is 4.35. The summed E-state index contributed by atoms with van der Waals surface area (Å²) in [5.41, 5.74) is -1.31. The molecule has 2 aromatic rings. The molecule has 4 nitrogen and oxygen atoms in total. The van der Waals surface area contributed by atoms with E-state index in [1.54, 1.807) is 0 Å². The van der Waals surface area contributed by atoms with Gasteiger partial charge in [0.1, 0.15) is 11.6 Å². The van der Waals surface area contributed by atoms with Gasteiger partial charge in [0, 0.05) is 12.3 Å². The lowest BCUT2D eigenvalue weighted by molar-refractivity contribution is 0.584. The fraction of sp³-hybridized carbons (Fsp3) is 0. The molecule has 0 unspecified atom stereocenters. The van der Waals surface area contributed by atoms with Crippen LogP contribution in [0.3, 0.4) is 0 Å². The summed E-state index contributed by atoms with van der Waals surface area (Å²) in [6, 6.07) is 2.71. The van der Waals surface area contributed by atoms with E-state index in [1.807, 2.05) is 4.98 Å². The lowest BCUT2D eigenvalue weighted by Crippen LogP contribution is -2.22. The van der Waals surface area contributed by atoms with Crippen molar-refractivity contribution < 1.29 is 8.78 Å². The van der Waals surface area contributed by atoms with Gasteiger partial charge in [-0.3, -0.25) is 9.78 Å². The van der Waals surface area contributed by atoms with Crippen molar-refractivity contribution in [3.8, 4) is 11.1 Å². The number of halogens is 2.